The van der Waals surface area contributed by atoms with Crippen LogP contribution in [0, 0.1) is 6.92 Å². The van der Waals surface area contributed by atoms with E-state index in [0.29, 0.717) is 17.9 Å². The zero-order valence-electron chi connectivity index (χ0n) is 15.3. The summed E-state index contributed by atoms with van der Waals surface area (Å²) < 4.78 is 10.8. The van der Waals surface area contributed by atoms with Gasteiger partial charge in [0, 0.05) is 32.0 Å². The minimum absolute atomic E-state index is 0.105. The normalized spacial score (nSPS) is 19.4. The second kappa shape index (κ2) is 8.14. The van der Waals surface area contributed by atoms with Crippen molar-refractivity contribution in [2.24, 2.45) is 0 Å². The number of rotatable bonds is 6. The number of hydrogen-bond donors (Lipinski definition) is 1. The van der Waals surface area contributed by atoms with Crippen LogP contribution in [0.5, 0.6) is 5.75 Å². The second-order valence-corrected chi connectivity index (χ2v) is 6.33. The Bertz CT molecular complexity index is 768. The highest BCUT2D eigenvalue weighted by Crippen LogP contribution is 2.25. The number of amides is 1. The Labute approximate surface area is 153 Å². The average Bonchev–Trinajstić information content (AvgIpc) is 3.09. The largest absolute Gasteiger partial charge is 0.496 e. The Kier molecular flexibility index (Phi) is 5.68. The molecule has 7 nitrogen and oxygen atoms in total. The average molecular weight is 356 g/mol. The first-order valence-corrected chi connectivity index (χ1v) is 8.61. The first kappa shape index (κ1) is 18.1. The molecule has 1 amide bonds. The summed E-state index contributed by atoms with van der Waals surface area (Å²) in [5.41, 5.74) is 1.44. The van der Waals surface area contributed by atoms with Crippen LogP contribution < -0.4 is 15.0 Å². The van der Waals surface area contributed by atoms with Gasteiger partial charge in [-0.25, -0.2) is 9.97 Å². The van der Waals surface area contributed by atoms with E-state index in [1.165, 1.54) is 0 Å². The summed E-state index contributed by atoms with van der Waals surface area (Å²) >= 11 is 0. The molecule has 1 aliphatic rings. The molecule has 1 N–H and O–H groups in total. The lowest BCUT2D eigenvalue weighted by Crippen LogP contribution is -2.40. The Balaban J connectivity index is 1.71. The van der Waals surface area contributed by atoms with E-state index in [-0.39, 0.29) is 18.1 Å². The summed E-state index contributed by atoms with van der Waals surface area (Å²) in [6, 6.07) is 9.26. The van der Waals surface area contributed by atoms with Crippen molar-refractivity contribution in [3.8, 4) is 5.75 Å². The third-order valence-corrected chi connectivity index (χ3v) is 4.64. The zero-order chi connectivity index (χ0) is 18.5. The van der Waals surface area contributed by atoms with Crippen LogP contribution in [0.4, 0.5) is 5.82 Å². The number of ether oxygens (including phenoxy) is 2. The van der Waals surface area contributed by atoms with Gasteiger partial charge in [0.25, 0.3) is 5.91 Å². The number of methoxy groups -OCH3 is 2. The molecule has 1 saturated heterocycles. The molecule has 138 valence electrons. The van der Waals surface area contributed by atoms with Gasteiger partial charge in [0.2, 0.25) is 0 Å². The quantitative estimate of drug-likeness (QED) is 0.851. The fraction of sp³-hybridized carbons (Fsp3) is 0.421. The van der Waals surface area contributed by atoms with Gasteiger partial charge in [-0.05, 0) is 25.5 Å². The lowest BCUT2D eigenvalue weighted by atomic mass is 10.1. The minimum Gasteiger partial charge on any atom is -0.496 e. The first-order chi connectivity index (χ1) is 12.6. The SMILES string of the molecule is COc1ccccc1C(=O)NC[C@@H]1C[C@H](OC)CN1c1cc(C)ncn1. The van der Waals surface area contributed by atoms with Crippen LogP contribution in [0.3, 0.4) is 0 Å². The minimum atomic E-state index is -0.151. The van der Waals surface area contributed by atoms with Crippen LogP contribution in [0.2, 0.25) is 0 Å². The maximum Gasteiger partial charge on any atom is 0.255 e. The van der Waals surface area contributed by atoms with E-state index >= 15 is 0 Å². The van der Waals surface area contributed by atoms with Gasteiger partial charge in [-0.15, -0.1) is 0 Å². The van der Waals surface area contributed by atoms with E-state index < -0.39 is 0 Å². The molecule has 1 fully saturated rings. The van der Waals surface area contributed by atoms with Gasteiger partial charge in [-0.3, -0.25) is 4.79 Å². The van der Waals surface area contributed by atoms with Crippen molar-refractivity contribution in [2.45, 2.75) is 25.5 Å². The number of hydrogen-bond acceptors (Lipinski definition) is 6. The van der Waals surface area contributed by atoms with Crippen LogP contribution >= 0.6 is 0 Å². The predicted molar refractivity (Wildman–Crippen MR) is 98.6 cm³/mol. The molecule has 2 heterocycles. The summed E-state index contributed by atoms with van der Waals surface area (Å²) in [5, 5.41) is 3.02. The van der Waals surface area contributed by atoms with E-state index in [9.17, 15) is 4.79 Å². The number of benzene rings is 1. The summed E-state index contributed by atoms with van der Waals surface area (Å²) in [6.07, 6.45) is 2.50. The topological polar surface area (TPSA) is 76.6 Å². The van der Waals surface area contributed by atoms with Crippen molar-refractivity contribution in [1.29, 1.82) is 0 Å². The van der Waals surface area contributed by atoms with E-state index in [1.807, 2.05) is 25.1 Å². The highest BCUT2D eigenvalue weighted by Gasteiger charge is 2.33. The molecule has 0 aliphatic carbocycles. The number of nitrogens with zero attached hydrogens (tertiary/aromatic N) is 3. The molecule has 2 aromatic rings. The van der Waals surface area contributed by atoms with Gasteiger partial charge < -0.3 is 19.7 Å². The van der Waals surface area contributed by atoms with E-state index in [4.69, 9.17) is 9.47 Å². The third kappa shape index (κ3) is 3.94. The highest BCUT2D eigenvalue weighted by atomic mass is 16.5. The third-order valence-electron chi connectivity index (χ3n) is 4.64. The molecule has 7 heteroatoms. The van der Waals surface area contributed by atoms with E-state index in [0.717, 1.165) is 24.5 Å². The predicted octanol–water partition coefficient (Wildman–Crippen LogP) is 1.82. The van der Waals surface area contributed by atoms with Crippen molar-refractivity contribution < 1.29 is 14.3 Å². The van der Waals surface area contributed by atoms with Gasteiger partial charge in [-0.1, -0.05) is 12.1 Å². The summed E-state index contributed by atoms with van der Waals surface area (Å²) in [6.45, 7) is 3.18. The van der Waals surface area contributed by atoms with Crippen molar-refractivity contribution in [3.63, 3.8) is 0 Å². The van der Waals surface area contributed by atoms with Crippen molar-refractivity contribution in [1.82, 2.24) is 15.3 Å². The molecular formula is C19H24N4O3. The van der Waals surface area contributed by atoms with Gasteiger partial charge in [-0.2, -0.15) is 0 Å². The van der Waals surface area contributed by atoms with E-state index in [2.05, 4.69) is 20.2 Å². The Morgan fingerprint density at radius 2 is 2.12 bits per heavy atom. The van der Waals surface area contributed by atoms with Crippen LogP contribution in [0.15, 0.2) is 36.7 Å². The van der Waals surface area contributed by atoms with Crippen molar-refractivity contribution in [2.75, 3.05) is 32.2 Å². The molecule has 1 aliphatic heterocycles. The van der Waals surface area contributed by atoms with Crippen LogP contribution in [-0.4, -0.2) is 55.3 Å². The van der Waals surface area contributed by atoms with Gasteiger partial charge in [0.05, 0.1) is 24.8 Å². The monoisotopic (exact) mass is 356 g/mol. The number of carbonyl (C=O) groups excluding carboxylic acids is 1. The molecule has 0 saturated carbocycles. The molecule has 1 aromatic carbocycles. The lowest BCUT2D eigenvalue weighted by Gasteiger charge is -2.25. The number of para-hydroxylation sites is 1. The number of aryl methyl sites for hydroxylation is 1. The molecule has 26 heavy (non-hydrogen) atoms. The van der Waals surface area contributed by atoms with Gasteiger partial charge >= 0.3 is 0 Å². The van der Waals surface area contributed by atoms with E-state index in [1.54, 1.807) is 32.7 Å². The molecule has 1 aromatic heterocycles. The number of carbonyl (C=O) groups is 1. The summed E-state index contributed by atoms with van der Waals surface area (Å²) in [7, 11) is 3.27. The molecule has 3 rings (SSSR count). The van der Waals surface area contributed by atoms with Crippen LogP contribution in [-0.2, 0) is 4.74 Å². The van der Waals surface area contributed by atoms with Crippen LogP contribution in [0.1, 0.15) is 22.5 Å². The lowest BCUT2D eigenvalue weighted by molar-refractivity contribution is 0.0943. The molecule has 0 unspecified atom stereocenters. The fourth-order valence-electron chi connectivity index (χ4n) is 3.25. The zero-order valence-corrected chi connectivity index (χ0v) is 15.3. The standard InChI is InChI=1S/C19H24N4O3/c1-13-8-18(22-12-21-13)23-11-15(25-2)9-14(23)10-20-19(24)16-6-4-5-7-17(16)26-3/h4-8,12,14-15H,9-11H2,1-3H3,(H,20,24)/t14-,15-/m0/s1. The number of anilines is 1. The summed E-state index contributed by atoms with van der Waals surface area (Å²) in [4.78, 5) is 23.3. The number of nitrogens with one attached hydrogen (secondary N) is 1. The second-order valence-electron chi connectivity index (χ2n) is 6.33. The first-order valence-electron chi connectivity index (χ1n) is 8.61. The van der Waals surface area contributed by atoms with Crippen molar-refractivity contribution in [3.05, 3.63) is 47.9 Å². The summed E-state index contributed by atoms with van der Waals surface area (Å²) in [5.74, 6) is 1.27. The highest BCUT2D eigenvalue weighted by molar-refractivity contribution is 5.96. The fourth-order valence-corrected chi connectivity index (χ4v) is 3.25. The van der Waals surface area contributed by atoms with Crippen molar-refractivity contribution >= 4 is 11.7 Å². The van der Waals surface area contributed by atoms with Crippen LogP contribution in [0.25, 0.3) is 0 Å². The smallest absolute Gasteiger partial charge is 0.255 e. The molecule has 0 spiro atoms. The van der Waals surface area contributed by atoms with Gasteiger partial charge in [0.15, 0.2) is 0 Å². The molecule has 0 bridgehead atoms. The van der Waals surface area contributed by atoms with Gasteiger partial charge in [0.1, 0.15) is 17.9 Å². The number of aromatic nitrogens is 2. The maximum absolute atomic E-state index is 12.6. The Morgan fingerprint density at radius 1 is 1.31 bits per heavy atom. The maximum atomic E-state index is 12.6. The molecule has 2 atom stereocenters. The Hall–Kier alpha value is -2.67. The molecular weight excluding hydrogens is 332 g/mol. The molecule has 0 radical (unpaired) electrons. The Morgan fingerprint density at radius 3 is 2.85 bits per heavy atom.